The lowest BCUT2D eigenvalue weighted by Crippen LogP contribution is -2.30. The highest BCUT2D eigenvalue weighted by molar-refractivity contribution is 8.00. The van der Waals surface area contributed by atoms with Crippen LogP contribution in [0.25, 0.3) is 6.08 Å². The predicted molar refractivity (Wildman–Crippen MR) is 170 cm³/mol. The minimum Gasteiger partial charge on any atom is -0.497 e. The summed E-state index contributed by atoms with van der Waals surface area (Å²) in [6.07, 6.45) is 1.61. The van der Waals surface area contributed by atoms with Gasteiger partial charge in [0.15, 0.2) is 0 Å². The van der Waals surface area contributed by atoms with Crippen molar-refractivity contribution in [2.75, 3.05) is 17.7 Å². The van der Waals surface area contributed by atoms with Gasteiger partial charge in [-0.15, -0.1) is 11.8 Å². The van der Waals surface area contributed by atoms with Gasteiger partial charge in [0.1, 0.15) is 11.4 Å². The van der Waals surface area contributed by atoms with Crippen LogP contribution >= 0.6 is 11.8 Å². The Morgan fingerprint density at radius 3 is 2.17 bits per heavy atom. The zero-order valence-electron chi connectivity index (χ0n) is 23.9. The highest BCUT2D eigenvalue weighted by Gasteiger charge is 2.17. The average molecular weight is 580 g/mol. The largest absolute Gasteiger partial charge is 0.497 e. The first-order chi connectivity index (χ1) is 20.2. The van der Waals surface area contributed by atoms with Crippen molar-refractivity contribution in [3.63, 3.8) is 0 Å². The quantitative estimate of drug-likeness (QED) is 0.141. The van der Waals surface area contributed by atoms with Gasteiger partial charge >= 0.3 is 0 Å². The van der Waals surface area contributed by atoms with Crippen LogP contribution in [-0.4, -0.2) is 30.1 Å². The van der Waals surface area contributed by atoms with Gasteiger partial charge in [0.05, 0.1) is 12.4 Å². The molecule has 1 unspecified atom stereocenters. The Labute approximate surface area is 250 Å². The Kier molecular flexibility index (Phi) is 10.2. The topological polar surface area (TPSA) is 96.5 Å². The maximum atomic E-state index is 13.3. The molecule has 4 aromatic rings. The molecule has 0 bridgehead atoms. The van der Waals surface area contributed by atoms with Crippen LogP contribution in [-0.2, 0) is 9.59 Å². The number of thioether (sulfide) groups is 1. The molecule has 0 saturated carbocycles. The van der Waals surface area contributed by atoms with E-state index in [4.69, 9.17) is 4.74 Å². The molecule has 0 saturated heterocycles. The summed E-state index contributed by atoms with van der Waals surface area (Å²) in [6, 6.07) is 29.0. The number of aryl methyl sites for hydroxylation is 2. The molecule has 0 radical (unpaired) electrons. The minimum absolute atomic E-state index is 0.0872. The van der Waals surface area contributed by atoms with E-state index in [0.717, 1.165) is 21.7 Å². The Morgan fingerprint density at radius 1 is 0.833 bits per heavy atom. The van der Waals surface area contributed by atoms with Crippen LogP contribution in [0.4, 0.5) is 11.4 Å². The number of ether oxygens (including phenoxy) is 1. The summed E-state index contributed by atoms with van der Waals surface area (Å²) in [5.74, 6) is -0.282. The van der Waals surface area contributed by atoms with Crippen molar-refractivity contribution in [3.05, 3.63) is 125 Å². The zero-order chi connectivity index (χ0) is 30.1. The van der Waals surface area contributed by atoms with Gasteiger partial charge < -0.3 is 20.7 Å². The second-order valence-corrected chi connectivity index (χ2v) is 11.1. The Morgan fingerprint density at radius 2 is 1.52 bits per heavy atom. The number of anilines is 2. The van der Waals surface area contributed by atoms with Crippen LogP contribution in [0.2, 0.25) is 0 Å². The molecule has 4 rings (SSSR count). The molecular formula is C34H33N3O4S. The van der Waals surface area contributed by atoms with E-state index in [2.05, 4.69) is 16.0 Å². The molecule has 0 spiro atoms. The molecule has 8 heteroatoms. The van der Waals surface area contributed by atoms with Crippen LogP contribution in [0.1, 0.15) is 34.0 Å². The lowest BCUT2D eigenvalue weighted by atomic mass is 10.1. The molecule has 0 aliphatic carbocycles. The van der Waals surface area contributed by atoms with Crippen LogP contribution in [0.5, 0.6) is 5.75 Å². The first-order valence-electron chi connectivity index (χ1n) is 13.4. The highest BCUT2D eigenvalue weighted by atomic mass is 32.2. The van der Waals surface area contributed by atoms with Gasteiger partial charge in [-0.25, -0.2) is 0 Å². The molecule has 1 atom stereocenters. The number of amides is 3. The second kappa shape index (κ2) is 14.2. The maximum absolute atomic E-state index is 13.3. The van der Waals surface area contributed by atoms with Gasteiger partial charge in [-0.05, 0) is 92.6 Å². The van der Waals surface area contributed by atoms with Gasteiger partial charge in [0, 0.05) is 21.8 Å². The summed E-state index contributed by atoms with van der Waals surface area (Å²) in [5.41, 5.74) is 4.74. The number of rotatable bonds is 10. The second-order valence-electron chi connectivity index (χ2n) is 9.70. The lowest BCUT2D eigenvalue weighted by Gasteiger charge is -2.15. The SMILES string of the molecule is COc1ccc(/C=C(\NC(=O)c2ccccc2)C(=O)Nc2ccc(SC(C)C(=O)Nc3ccc(C)cc3C)cc2)cc1. The zero-order valence-corrected chi connectivity index (χ0v) is 24.8. The van der Waals surface area contributed by atoms with E-state index < -0.39 is 11.8 Å². The molecule has 0 fully saturated rings. The highest BCUT2D eigenvalue weighted by Crippen LogP contribution is 2.26. The van der Waals surface area contributed by atoms with E-state index in [-0.39, 0.29) is 16.9 Å². The van der Waals surface area contributed by atoms with Crippen LogP contribution in [0, 0.1) is 13.8 Å². The number of benzene rings is 4. The first kappa shape index (κ1) is 30.1. The molecule has 4 aromatic carbocycles. The monoisotopic (exact) mass is 579 g/mol. The van der Waals surface area contributed by atoms with E-state index in [0.29, 0.717) is 22.6 Å². The lowest BCUT2D eigenvalue weighted by molar-refractivity contribution is -0.115. The number of carbonyl (C=O) groups is 3. The minimum atomic E-state index is -0.475. The molecule has 214 valence electrons. The summed E-state index contributed by atoms with van der Waals surface area (Å²) in [6.45, 7) is 5.84. The third-order valence-electron chi connectivity index (χ3n) is 6.39. The summed E-state index contributed by atoms with van der Waals surface area (Å²) in [4.78, 5) is 39.8. The van der Waals surface area contributed by atoms with Crippen molar-refractivity contribution in [2.45, 2.75) is 30.9 Å². The van der Waals surface area contributed by atoms with Crippen LogP contribution in [0.3, 0.4) is 0 Å². The fourth-order valence-corrected chi connectivity index (χ4v) is 4.94. The van der Waals surface area contributed by atoms with E-state index >= 15 is 0 Å². The fraction of sp³-hybridized carbons (Fsp3) is 0.147. The predicted octanol–water partition coefficient (Wildman–Crippen LogP) is 6.84. The van der Waals surface area contributed by atoms with E-state index in [1.165, 1.54) is 11.8 Å². The average Bonchev–Trinajstić information content (AvgIpc) is 2.99. The number of carbonyl (C=O) groups excluding carboxylic acids is 3. The molecule has 7 nitrogen and oxygen atoms in total. The molecule has 3 amide bonds. The standard InChI is InChI=1S/C34H33N3O4S/c1-22-10-19-30(23(2)20-22)36-32(38)24(3)42-29-17-13-27(14-18-29)35-34(40)31(21-25-11-15-28(41-4)16-12-25)37-33(39)26-8-6-5-7-9-26/h5-21,24H,1-4H3,(H,35,40)(H,36,38)(H,37,39)/b31-21-. The number of nitrogens with one attached hydrogen (secondary N) is 3. The fourth-order valence-electron chi connectivity index (χ4n) is 4.07. The summed E-state index contributed by atoms with van der Waals surface area (Å²) in [5, 5.41) is 8.25. The molecule has 0 aliphatic heterocycles. The summed E-state index contributed by atoms with van der Waals surface area (Å²) >= 11 is 1.42. The molecule has 0 aliphatic rings. The Balaban J connectivity index is 1.43. The van der Waals surface area contributed by atoms with Crippen molar-refractivity contribution < 1.29 is 19.1 Å². The van der Waals surface area contributed by atoms with Crippen molar-refractivity contribution in [2.24, 2.45) is 0 Å². The molecule has 42 heavy (non-hydrogen) atoms. The van der Waals surface area contributed by atoms with Crippen molar-refractivity contribution in [1.82, 2.24) is 5.32 Å². The number of hydrogen-bond donors (Lipinski definition) is 3. The van der Waals surface area contributed by atoms with Gasteiger partial charge in [-0.3, -0.25) is 14.4 Å². The van der Waals surface area contributed by atoms with E-state index in [9.17, 15) is 14.4 Å². The van der Waals surface area contributed by atoms with Crippen LogP contribution < -0.4 is 20.7 Å². The Bertz CT molecular complexity index is 1580. The van der Waals surface area contributed by atoms with Crippen LogP contribution in [0.15, 0.2) is 108 Å². The smallest absolute Gasteiger partial charge is 0.272 e. The number of methoxy groups -OCH3 is 1. The molecular weight excluding hydrogens is 546 g/mol. The van der Waals surface area contributed by atoms with E-state index in [1.807, 2.05) is 57.2 Å². The maximum Gasteiger partial charge on any atom is 0.272 e. The Hall–Kier alpha value is -4.82. The van der Waals surface area contributed by atoms with Crippen molar-refractivity contribution >= 4 is 46.9 Å². The van der Waals surface area contributed by atoms with Gasteiger partial charge in [0.2, 0.25) is 5.91 Å². The summed E-state index contributed by atoms with van der Waals surface area (Å²) in [7, 11) is 1.58. The third-order valence-corrected chi connectivity index (χ3v) is 7.50. The van der Waals surface area contributed by atoms with Gasteiger partial charge in [-0.2, -0.15) is 0 Å². The van der Waals surface area contributed by atoms with Gasteiger partial charge in [-0.1, -0.05) is 48.0 Å². The summed E-state index contributed by atoms with van der Waals surface area (Å²) < 4.78 is 5.21. The molecule has 3 N–H and O–H groups in total. The van der Waals surface area contributed by atoms with E-state index in [1.54, 1.807) is 73.8 Å². The normalized spacial score (nSPS) is 11.8. The van der Waals surface area contributed by atoms with Gasteiger partial charge in [0.25, 0.3) is 11.8 Å². The number of hydrogen-bond acceptors (Lipinski definition) is 5. The molecule has 0 heterocycles. The first-order valence-corrected chi connectivity index (χ1v) is 14.3. The van der Waals surface area contributed by atoms with Crippen molar-refractivity contribution in [3.8, 4) is 5.75 Å². The molecule has 0 aromatic heterocycles. The third kappa shape index (κ3) is 8.34. The van der Waals surface area contributed by atoms with Crippen molar-refractivity contribution in [1.29, 1.82) is 0 Å².